The third kappa shape index (κ3) is 3.63. The van der Waals surface area contributed by atoms with E-state index in [0.717, 1.165) is 11.3 Å². The van der Waals surface area contributed by atoms with Gasteiger partial charge in [0.05, 0.1) is 11.9 Å². The molecule has 0 atom stereocenters. The molecule has 0 fully saturated rings. The second-order valence-electron chi connectivity index (χ2n) is 5.18. The molecule has 0 spiro atoms. The quantitative estimate of drug-likeness (QED) is 0.758. The topological polar surface area (TPSA) is 67.7 Å². The van der Waals surface area contributed by atoms with Gasteiger partial charge in [-0.2, -0.15) is 10.1 Å². The lowest BCUT2D eigenvalue weighted by atomic mass is 10.1. The Bertz CT molecular complexity index is 794. The summed E-state index contributed by atoms with van der Waals surface area (Å²) in [7, 11) is 1.83. The van der Waals surface area contributed by atoms with Crippen LogP contribution in [0.25, 0.3) is 0 Å². The van der Waals surface area contributed by atoms with E-state index in [1.807, 2.05) is 26.2 Å². The van der Waals surface area contributed by atoms with E-state index in [-0.39, 0.29) is 5.82 Å². The molecule has 118 valence electrons. The van der Waals surface area contributed by atoms with Crippen LogP contribution in [-0.2, 0) is 13.6 Å². The van der Waals surface area contributed by atoms with Crippen molar-refractivity contribution in [1.82, 2.24) is 19.7 Å². The molecule has 0 unspecified atom stereocenters. The van der Waals surface area contributed by atoms with Crippen LogP contribution in [0.5, 0.6) is 0 Å². The summed E-state index contributed by atoms with van der Waals surface area (Å²) in [6, 6.07) is 6.79. The largest absolute Gasteiger partial charge is 0.366 e. The van der Waals surface area contributed by atoms with Crippen molar-refractivity contribution in [3.8, 4) is 0 Å². The van der Waals surface area contributed by atoms with Crippen molar-refractivity contribution >= 4 is 17.5 Å². The van der Waals surface area contributed by atoms with E-state index in [0.29, 0.717) is 23.9 Å². The van der Waals surface area contributed by atoms with Crippen molar-refractivity contribution in [1.29, 1.82) is 0 Å². The van der Waals surface area contributed by atoms with Gasteiger partial charge in [-0.15, -0.1) is 0 Å². The van der Waals surface area contributed by atoms with E-state index >= 15 is 0 Å². The number of benzene rings is 1. The smallest absolute Gasteiger partial charge is 0.229 e. The lowest BCUT2D eigenvalue weighted by Crippen LogP contribution is -2.06. The van der Waals surface area contributed by atoms with Crippen LogP contribution in [-0.4, -0.2) is 19.7 Å². The summed E-state index contributed by atoms with van der Waals surface area (Å²) in [5, 5.41) is 10.3. The second-order valence-corrected chi connectivity index (χ2v) is 5.18. The Balaban J connectivity index is 1.70. The number of aryl methyl sites for hydroxylation is 2. The molecule has 0 aliphatic carbocycles. The standard InChI is InChI=1S/C16H17FN6/c1-11-4-3-5-14(17)13(11)9-19-15-6-7-18-16(22-15)21-12-8-20-23(2)10-12/h3-8,10H,9H2,1-2H3,(H2,18,19,21,22). The summed E-state index contributed by atoms with van der Waals surface area (Å²) >= 11 is 0. The zero-order valence-electron chi connectivity index (χ0n) is 12.9. The van der Waals surface area contributed by atoms with Crippen LogP contribution in [0.3, 0.4) is 0 Å². The van der Waals surface area contributed by atoms with Crippen LogP contribution in [0.15, 0.2) is 42.9 Å². The van der Waals surface area contributed by atoms with Crippen LogP contribution in [0.1, 0.15) is 11.1 Å². The number of halogens is 1. The van der Waals surface area contributed by atoms with Gasteiger partial charge in [0.2, 0.25) is 5.95 Å². The molecule has 0 radical (unpaired) electrons. The molecule has 0 aliphatic rings. The van der Waals surface area contributed by atoms with Gasteiger partial charge in [-0.05, 0) is 24.6 Å². The molecular formula is C16H17FN6. The molecule has 23 heavy (non-hydrogen) atoms. The first-order valence-electron chi connectivity index (χ1n) is 7.18. The van der Waals surface area contributed by atoms with Crippen LogP contribution in [0, 0.1) is 12.7 Å². The fourth-order valence-electron chi connectivity index (χ4n) is 2.20. The summed E-state index contributed by atoms with van der Waals surface area (Å²) in [6.45, 7) is 2.25. The van der Waals surface area contributed by atoms with Gasteiger partial charge >= 0.3 is 0 Å². The van der Waals surface area contributed by atoms with Crippen LogP contribution in [0.4, 0.5) is 21.8 Å². The third-order valence-corrected chi connectivity index (χ3v) is 3.42. The lowest BCUT2D eigenvalue weighted by molar-refractivity contribution is 0.611. The highest BCUT2D eigenvalue weighted by molar-refractivity contribution is 5.52. The van der Waals surface area contributed by atoms with Gasteiger partial charge in [0.15, 0.2) is 0 Å². The van der Waals surface area contributed by atoms with Gasteiger partial charge < -0.3 is 10.6 Å². The number of nitrogens with one attached hydrogen (secondary N) is 2. The molecule has 0 bridgehead atoms. The summed E-state index contributed by atoms with van der Waals surface area (Å²) in [5.74, 6) is 0.850. The molecule has 0 amide bonds. The van der Waals surface area contributed by atoms with Crippen molar-refractivity contribution in [2.24, 2.45) is 7.05 Å². The molecular weight excluding hydrogens is 295 g/mol. The van der Waals surface area contributed by atoms with Gasteiger partial charge in [0.1, 0.15) is 11.6 Å². The number of anilines is 3. The molecule has 0 aliphatic heterocycles. The fourth-order valence-corrected chi connectivity index (χ4v) is 2.20. The highest BCUT2D eigenvalue weighted by Crippen LogP contribution is 2.16. The number of hydrogen-bond donors (Lipinski definition) is 2. The maximum atomic E-state index is 13.8. The molecule has 6 nitrogen and oxygen atoms in total. The average molecular weight is 312 g/mol. The summed E-state index contributed by atoms with van der Waals surface area (Å²) in [4.78, 5) is 8.52. The Kier molecular flexibility index (Phi) is 4.18. The maximum Gasteiger partial charge on any atom is 0.229 e. The minimum atomic E-state index is -0.222. The minimum absolute atomic E-state index is 0.222. The van der Waals surface area contributed by atoms with Crippen molar-refractivity contribution in [3.05, 3.63) is 59.8 Å². The molecule has 0 saturated heterocycles. The van der Waals surface area contributed by atoms with Gasteiger partial charge in [0.25, 0.3) is 0 Å². The first-order chi connectivity index (χ1) is 11.1. The summed E-state index contributed by atoms with van der Waals surface area (Å²) in [5.41, 5.74) is 2.34. The van der Waals surface area contributed by atoms with E-state index < -0.39 is 0 Å². The van der Waals surface area contributed by atoms with E-state index in [4.69, 9.17) is 0 Å². The molecule has 7 heteroatoms. The van der Waals surface area contributed by atoms with Gasteiger partial charge in [-0.1, -0.05) is 12.1 Å². The molecule has 2 heterocycles. The highest BCUT2D eigenvalue weighted by Gasteiger charge is 2.06. The number of rotatable bonds is 5. The Hall–Kier alpha value is -2.96. The number of hydrogen-bond acceptors (Lipinski definition) is 5. The molecule has 2 N–H and O–H groups in total. The van der Waals surface area contributed by atoms with Crippen LogP contribution < -0.4 is 10.6 Å². The Morgan fingerprint density at radius 2 is 2.13 bits per heavy atom. The molecule has 0 saturated carbocycles. The zero-order chi connectivity index (χ0) is 16.2. The maximum absolute atomic E-state index is 13.8. The first-order valence-corrected chi connectivity index (χ1v) is 7.18. The van der Waals surface area contributed by atoms with E-state index in [9.17, 15) is 4.39 Å². The van der Waals surface area contributed by atoms with Gasteiger partial charge in [0, 0.05) is 31.5 Å². The van der Waals surface area contributed by atoms with Gasteiger partial charge in [-0.3, -0.25) is 4.68 Å². The Labute approximate surface area is 133 Å². The molecule has 3 rings (SSSR count). The predicted molar refractivity (Wildman–Crippen MR) is 87.0 cm³/mol. The fraction of sp³-hybridized carbons (Fsp3) is 0.188. The second kappa shape index (κ2) is 6.43. The SMILES string of the molecule is Cc1cccc(F)c1CNc1ccnc(Nc2cnn(C)c2)n1. The van der Waals surface area contributed by atoms with E-state index in [1.54, 1.807) is 29.2 Å². The monoisotopic (exact) mass is 312 g/mol. The van der Waals surface area contributed by atoms with Crippen LogP contribution in [0.2, 0.25) is 0 Å². The molecule has 3 aromatic rings. The highest BCUT2D eigenvalue weighted by atomic mass is 19.1. The Morgan fingerprint density at radius 3 is 2.87 bits per heavy atom. The third-order valence-electron chi connectivity index (χ3n) is 3.42. The van der Waals surface area contributed by atoms with E-state index in [2.05, 4.69) is 25.7 Å². The average Bonchev–Trinajstić information content (AvgIpc) is 2.92. The summed E-state index contributed by atoms with van der Waals surface area (Å²) < 4.78 is 15.5. The lowest BCUT2D eigenvalue weighted by Gasteiger charge is -2.10. The summed E-state index contributed by atoms with van der Waals surface area (Å²) in [6.07, 6.45) is 5.15. The molecule has 1 aromatic carbocycles. The normalized spacial score (nSPS) is 10.6. The van der Waals surface area contributed by atoms with Crippen molar-refractivity contribution in [2.75, 3.05) is 10.6 Å². The first kappa shape index (κ1) is 15.0. The Morgan fingerprint density at radius 1 is 1.26 bits per heavy atom. The van der Waals surface area contributed by atoms with Crippen molar-refractivity contribution in [3.63, 3.8) is 0 Å². The predicted octanol–water partition coefficient (Wildman–Crippen LogP) is 3.01. The van der Waals surface area contributed by atoms with Crippen molar-refractivity contribution < 1.29 is 4.39 Å². The number of aromatic nitrogens is 4. The number of nitrogens with zero attached hydrogens (tertiary/aromatic N) is 4. The van der Waals surface area contributed by atoms with E-state index in [1.165, 1.54) is 6.07 Å². The van der Waals surface area contributed by atoms with Gasteiger partial charge in [-0.25, -0.2) is 9.37 Å². The molecule has 2 aromatic heterocycles. The zero-order valence-corrected chi connectivity index (χ0v) is 12.9. The minimum Gasteiger partial charge on any atom is -0.366 e. The van der Waals surface area contributed by atoms with Crippen LogP contribution >= 0.6 is 0 Å². The van der Waals surface area contributed by atoms with Crippen molar-refractivity contribution in [2.45, 2.75) is 13.5 Å².